The lowest BCUT2D eigenvalue weighted by atomic mass is 10.2. The normalized spacial score (nSPS) is 9.62. The topological polar surface area (TPSA) is 71.7 Å². The Hall–Kier alpha value is -1.88. The molecule has 0 fully saturated rings. The summed E-state index contributed by atoms with van der Waals surface area (Å²) in [6.07, 6.45) is 0. The summed E-state index contributed by atoms with van der Waals surface area (Å²) in [6.45, 7) is 8.13. The van der Waals surface area contributed by atoms with E-state index in [1.807, 2.05) is 19.9 Å². The molecule has 1 N–H and O–H groups in total. The molecule has 0 unspecified atom stereocenters. The van der Waals surface area contributed by atoms with Crippen LogP contribution in [0.25, 0.3) is 0 Å². The standard InChI is InChI=1S/C11H13NO2.C4H9NO.ClH/c1-3-14-9(2)12-11(13)10-7-5-4-6-8-10;1-3-6-4(2)5;/h4-8H,3H2,1-2H3;5H,3H2,1-2H3;1H. The third-order valence-corrected chi connectivity index (χ3v) is 1.99. The fourth-order valence-electron chi connectivity index (χ4n) is 1.25. The van der Waals surface area contributed by atoms with Crippen LogP contribution in [-0.4, -0.2) is 30.9 Å². The average molecular weight is 315 g/mol. The molecule has 0 saturated heterocycles. The number of halogens is 1. The number of amides is 1. The number of benzene rings is 1. The molecule has 0 aliphatic heterocycles. The molecule has 1 aromatic rings. The molecule has 6 heteroatoms. The van der Waals surface area contributed by atoms with Crippen LogP contribution >= 0.6 is 12.4 Å². The van der Waals surface area contributed by atoms with Gasteiger partial charge in [-0.2, -0.15) is 4.99 Å². The molecule has 1 rings (SSSR count). The van der Waals surface area contributed by atoms with E-state index < -0.39 is 0 Å². The first kappa shape index (κ1) is 21.4. The number of hydrogen-bond donors (Lipinski definition) is 1. The Kier molecular flexibility index (Phi) is 13.4. The van der Waals surface area contributed by atoms with Crippen LogP contribution in [-0.2, 0) is 9.47 Å². The average Bonchev–Trinajstić information content (AvgIpc) is 2.40. The Morgan fingerprint density at radius 1 is 1.10 bits per heavy atom. The van der Waals surface area contributed by atoms with Gasteiger partial charge >= 0.3 is 0 Å². The van der Waals surface area contributed by atoms with E-state index in [-0.39, 0.29) is 24.2 Å². The zero-order valence-electron chi connectivity index (χ0n) is 12.9. The molecular weight excluding hydrogens is 292 g/mol. The number of nitrogens with one attached hydrogen (secondary N) is 1. The predicted molar refractivity (Wildman–Crippen MR) is 87.8 cm³/mol. The van der Waals surface area contributed by atoms with Crippen LogP contribution in [0, 0.1) is 5.41 Å². The molecule has 5 nitrogen and oxygen atoms in total. The van der Waals surface area contributed by atoms with Crippen molar-refractivity contribution in [2.75, 3.05) is 13.2 Å². The molecule has 118 valence electrons. The molecule has 0 bridgehead atoms. The first-order valence-electron chi connectivity index (χ1n) is 6.46. The van der Waals surface area contributed by atoms with Crippen LogP contribution in [0.4, 0.5) is 0 Å². The fraction of sp³-hybridized carbons (Fsp3) is 0.400. The lowest BCUT2D eigenvalue weighted by Crippen LogP contribution is -2.04. The van der Waals surface area contributed by atoms with Gasteiger partial charge < -0.3 is 9.47 Å². The van der Waals surface area contributed by atoms with Gasteiger partial charge in [-0.05, 0) is 26.0 Å². The summed E-state index contributed by atoms with van der Waals surface area (Å²) in [6, 6.07) is 8.92. The minimum Gasteiger partial charge on any atom is -0.482 e. The summed E-state index contributed by atoms with van der Waals surface area (Å²) < 4.78 is 9.69. The van der Waals surface area contributed by atoms with E-state index in [1.54, 1.807) is 38.1 Å². The van der Waals surface area contributed by atoms with Crippen molar-refractivity contribution in [3.05, 3.63) is 35.9 Å². The SMILES string of the molecule is CCOC(C)=N.CCOC(C)=NC(=O)c1ccccc1.Cl. The van der Waals surface area contributed by atoms with Gasteiger partial charge in [0, 0.05) is 19.4 Å². The summed E-state index contributed by atoms with van der Waals surface area (Å²) >= 11 is 0. The largest absolute Gasteiger partial charge is 0.482 e. The summed E-state index contributed by atoms with van der Waals surface area (Å²) in [5.74, 6) is 0.426. The van der Waals surface area contributed by atoms with Crippen LogP contribution in [0.2, 0.25) is 0 Å². The molecule has 0 heterocycles. The summed E-state index contributed by atoms with van der Waals surface area (Å²) in [7, 11) is 0. The van der Waals surface area contributed by atoms with E-state index in [4.69, 9.17) is 10.1 Å². The van der Waals surface area contributed by atoms with Crippen molar-refractivity contribution in [2.24, 2.45) is 4.99 Å². The van der Waals surface area contributed by atoms with Gasteiger partial charge in [-0.25, -0.2) is 0 Å². The maximum Gasteiger partial charge on any atom is 0.279 e. The van der Waals surface area contributed by atoms with E-state index >= 15 is 0 Å². The second kappa shape index (κ2) is 13.1. The number of hydrogen-bond acceptors (Lipinski definition) is 4. The molecule has 0 saturated carbocycles. The van der Waals surface area contributed by atoms with Gasteiger partial charge in [0.15, 0.2) is 11.8 Å². The quantitative estimate of drug-likeness (QED) is 0.682. The summed E-state index contributed by atoms with van der Waals surface area (Å²) in [4.78, 5) is 15.3. The Balaban J connectivity index is 0. The fourth-order valence-corrected chi connectivity index (χ4v) is 1.25. The van der Waals surface area contributed by atoms with Gasteiger partial charge in [0.25, 0.3) is 5.91 Å². The number of nitrogens with zero attached hydrogens (tertiary/aromatic N) is 1. The lowest BCUT2D eigenvalue weighted by molar-refractivity contribution is 0.0999. The van der Waals surface area contributed by atoms with Crippen molar-refractivity contribution < 1.29 is 14.3 Å². The highest BCUT2D eigenvalue weighted by Crippen LogP contribution is 2.01. The van der Waals surface area contributed by atoms with Crippen molar-refractivity contribution in [2.45, 2.75) is 27.7 Å². The molecule has 1 aromatic carbocycles. The highest BCUT2D eigenvalue weighted by atomic mass is 35.5. The van der Waals surface area contributed by atoms with Crippen molar-refractivity contribution in [1.29, 1.82) is 5.41 Å². The summed E-state index contributed by atoms with van der Waals surface area (Å²) in [5.41, 5.74) is 0.576. The molecule has 21 heavy (non-hydrogen) atoms. The Morgan fingerprint density at radius 3 is 2.00 bits per heavy atom. The van der Waals surface area contributed by atoms with E-state index in [0.717, 1.165) is 0 Å². The second-order valence-corrected chi connectivity index (χ2v) is 3.72. The third kappa shape index (κ3) is 11.6. The van der Waals surface area contributed by atoms with E-state index in [2.05, 4.69) is 9.73 Å². The van der Waals surface area contributed by atoms with Crippen LogP contribution in [0.1, 0.15) is 38.1 Å². The highest BCUT2D eigenvalue weighted by molar-refractivity contribution is 6.01. The second-order valence-electron chi connectivity index (χ2n) is 3.72. The van der Waals surface area contributed by atoms with Crippen molar-refractivity contribution in [1.82, 2.24) is 0 Å². The maximum absolute atomic E-state index is 11.5. The number of carbonyl (C=O) groups is 1. The molecule has 0 aromatic heterocycles. The molecule has 0 spiro atoms. The van der Waals surface area contributed by atoms with Crippen LogP contribution in [0.3, 0.4) is 0 Å². The number of rotatable bonds is 3. The van der Waals surface area contributed by atoms with Gasteiger partial charge in [0.2, 0.25) is 0 Å². The highest BCUT2D eigenvalue weighted by Gasteiger charge is 2.02. The molecule has 0 radical (unpaired) electrons. The molecule has 0 aliphatic carbocycles. The van der Waals surface area contributed by atoms with Crippen LogP contribution in [0.5, 0.6) is 0 Å². The zero-order valence-corrected chi connectivity index (χ0v) is 13.7. The Bertz CT molecular complexity index is 447. The van der Waals surface area contributed by atoms with Crippen LogP contribution < -0.4 is 0 Å². The van der Waals surface area contributed by atoms with Crippen molar-refractivity contribution >= 4 is 30.1 Å². The lowest BCUT2D eigenvalue weighted by Gasteiger charge is -2.00. The number of carbonyl (C=O) groups excluding carboxylic acids is 1. The smallest absolute Gasteiger partial charge is 0.279 e. The maximum atomic E-state index is 11.5. The molecule has 1 amide bonds. The minimum atomic E-state index is -0.267. The minimum absolute atomic E-state index is 0. The van der Waals surface area contributed by atoms with Gasteiger partial charge in [0.05, 0.1) is 13.2 Å². The predicted octanol–water partition coefficient (Wildman–Crippen LogP) is 3.72. The van der Waals surface area contributed by atoms with Gasteiger partial charge in [-0.3, -0.25) is 10.2 Å². The first-order valence-corrected chi connectivity index (χ1v) is 6.46. The van der Waals surface area contributed by atoms with Gasteiger partial charge in [-0.15, -0.1) is 12.4 Å². The molecule has 0 aliphatic rings. The van der Waals surface area contributed by atoms with E-state index in [0.29, 0.717) is 24.7 Å². The van der Waals surface area contributed by atoms with E-state index in [1.165, 1.54) is 0 Å². The summed E-state index contributed by atoms with van der Waals surface area (Å²) in [5, 5.41) is 6.67. The Morgan fingerprint density at radius 2 is 1.62 bits per heavy atom. The van der Waals surface area contributed by atoms with Crippen LogP contribution in [0.15, 0.2) is 35.3 Å². The molecule has 0 atom stereocenters. The first-order chi connectivity index (χ1) is 9.51. The van der Waals surface area contributed by atoms with Crippen molar-refractivity contribution in [3.63, 3.8) is 0 Å². The van der Waals surface area contributed by atoms with Gasteiger partial charge in [0.1, 0.15) is 0 Å². The zero-order chi connectivity index (χ0) is 15.4. The molecular formula is C15H23ClN2O3. The monoisotopic (exact) mass is 314 g/mol. The van der Waals surface area contributed by atoms with Gasteiger partial charge in [-0.1, -0.05) is 18.2 Å². The number of ether oxygens (including phenoxy) is 2. The van der Waals surface area contributed by atoms with E-state index in [9.17, 15) is 4.79 Å². The number of aliphatic imine (C=N–C) groups is 1. The third-order valence-electron chi connectivity index (χ3n) is 1.99. The van der Waals surface area contributed by atoms with Crippen molar-refractivity contribution in [3.8, 4) is 0 Å². The Labute approximate surface area is 132 Å².